The zero-order valence-electron chi connectivity index (χ0n) is 10.7. The van der Waals surface area contributed by atoms with Crippen LogP contribution in [-0.4, -0.2) is 42.1 Å². The van der Waals surface area contributed by atoms with Crippen molar-refractivity contribution in [3.63, 3.8) is 0 Å². The van der Waals surface area contributed by atoms with E-state index >= 15 is 0 Å². The fourth-order valence-corrected chi connectivity index (χ4v) is 2.42. The summed E-state index contributed by atoms with van der Waals surface area (Å²) in [6.45, 7) is 7.04. The molecule has 1 aliphatic heterocycles. The van der Waals surface area contributed by atoms with Crippen LogP contribution in [0, 0.1) is 0 Å². The van der Waals surface area contributed by atoms with Gasteiger partial charge in [0.2, 0.25) is 0 Å². The lowest BCUT2D eigenvalue weighted by Crippen LogP contribution is -2.42. The van der Waals surface area contributed by atoms with E-state index in [1.165, 1.54) is 38.0 Å². The number of likely N-dealkylation sites (tertiary alicyclic amines) is 1. The Kier molecular flexibility index (Phi) is 4.95. The van der Waals surface area contributed by atoms with Crippen LogP contribution in [0.25, 0.3) is 0 Å². The third-order valence-electron chi connectivity index (χ3n) is 3.63. The number of rotatable bonds is 5. The molecule has 0 bridgehead atoms. The number of hydrogen-bond acceptors (Lipinski definition) is 3. The van der Waals surface area contributed by atoms with Gasteiger partial charge >= 0.3 is 0 Å². The van der Waals surface area contributed by atoms with E-state index in [0.29, 0.717) is 0 Å². The summed E-state index contributed by atoms with van der Waals surface area (Å²) in [5.41, 5.74) is 1.37. The Bertz CT molecular complexity index is 305. The van der Waals surface area contributed by atoms with Crippen LogP contribution in [-0.2, 0) is 6.42 Å². The predicted octanol–water partition coefficient (Wildman–Crippen LogP) is 1.70. The molecule has 0 aromatic carbocycles. The SMILES string of the molecule is CCN1CCC(NCCc2ccncc2)CC1. The van der Waals surface area contributed by atoms with Crippen LogP contribution in [0.5, 0.6) is 0 Å². The lowest BCUT2D eigenvalue weighted by atomic mass is 10.0. The minimum absolute atomic E-state index is 0.722. The molecule has 0 spiro atoms. The number of pyridine rings is 1. The van der Waals surface area contributed by atoms with Crippen LogP contribution in [0.1, 0.15) is 25.3 Å². The Labute approximate surface area is 104 Å². The van der Waals surface area contributed by atoms with Gasteiger partial charge in [0.05, 0.1) is 0 Å². The first-order valence-corrected chi connectivity index (χ1v) is 6.73. The highest BCUT2D eigenvalue weighted by Crippen LogP contribution is 2.09. The number of hydrogen-bond donors (Lipinski definition) is 1. The molecular formula is C14H23N3. The van der Waals surface area contributed by atoms with E-state index in [4.69, 9.17) is 0 Å². The van der Waals surface area contributed by atoms with Gasteiger partial charge in [-0.05, 0) is 63.1 Å². The molecule has 1 aromatic heterocycles. The van der Waals surface area contributed by atoms with Gasteiger partial charge in [0.1, 0.15) is 0 Å². The molecule has 0 amide bonds. The minimum atomic E-state index is 0.722. The molecule has 0 radical (unpaired) electrons. The van der Waals surface area contributed by atoms with Gasteiger partial charge in [-0.2, -0.15) is 0 Å². The second-order valence-electron chi connectivity index (χ2n) is 4.77. The summed E-state index contributed by atoms with van der Waals surface area (Å²) in [6.07, 6.45) is 7.44. The normalized spacial score (nSPS) is 18.4. The van der Waals surface area contributed by atoms with E-state index in [2.05, 4.69) is 34.3 Å². The van der Waals surface area contributed by atoms with Crippen molar-refractivity contribution in [3.05, 3.63) is 30.1 Å². The van der Waals surface area contributed by atoms with E-state index in [-0.39, 0.29) is 0 Å². The topological polar surface area (TPSA) is 28.2 Å². The van der Waals surface area contributed by atoms with Gasteiger partial charge < -0.3 is 10.2 Å². The van der Waals surface area contributed by atoms with Crippen molar-refractivity contribution >= 4 is 0 Å². The van der Waals surface area contributed by atoms with E-state index < -0.39 is 0 Å². The quantitative estimate of drug-likeness (QED) is 0.839. The van der Waals surface area contributed by atoms with Crippen LogP contribution >= 0.6 is 0 Å². The van der Waals surface area contributed by atoms with Crippen LogP contribution in [0.2, 0.25) is 0 Å². The molecule has 3 nitrogen and oxygen atoms in total. The third kappa shape index (κ3) is 4.10. The number of aromatic nitrogens is 1. The zero-order chi connectivity index (χ0) is 11.9. The smallest absolute Gasteiger partial charge is 0.0270 e. The van der Waals surface area contributed by atoms with Crippen LogP contribution < -0.4 is 5.32 Å². The molecule has 1 aromatic rings. The fraction of sp³-hybridized carbons (Fsp3) is 0.643. The first-order chi connectivity index (χ1) is 8.38. The average Bonchev–Trinajstić information content (AvgIpc) is 2.41. The monoisotopic (exact) mass is 233 g/mol. The Balaban J connectivity index is 1.63. The molecule has 1 aliphatic rings. The Morgan fingerprint density at radius 3 is 2.65 bits per heavy atom. The highest BCUT2D eigenvalue weighted by molar-refractivity contribution is 5.09. The maximum atomic E-state index is 4.04. The average molecular weight is 233 g/mol. The third-order valence-corrected chi connectivity index (χ3v) is 3.63. The first-order valence-electron chi connectivity index (χ1n) is 6.73. The number of nitrogens with zero attached hydrogens (tertiary/aromatic N) is 2. The highest BCUT2D eigenvalue weighted by Gasteiger charge is 2.16. The van der Waals surface area contributed by atoms with Crippen molar-refractivity contribution in [2.45, 2.75) is 32.2 Å². The number of nitrogens with one attached hydrogen (secondary N) is 1. The molecule has 94 valence electrons. The zero-order valence-corrected chi connectivity index (χ0v) is 10.7. The second kappa shape index (κ2) is 6.72. The second-order valence-corrected chi connectivity index (χ2v) is 4.77. The Morgan fingerprint density at radius 2 is 2.00 bits per heavy atom. The standard InChI is InChI=1S/C14H23N3/c1-2-17-11-6-14(7-12-17)16-10-5-13-3-8-15-9-4-13/h3-4,8-9,14,16H,2,5-7,10-12H2,1H3. The minimum Gasteiger partial charge on any atom is -0.314 e. The molecule has 2 rings (SSSR count). The molecule has 0 atom stereocenters. The molecule has 2 heterocycles. The van der Waals surface area contributed by atoms with Gasteiger partial charge in [-0.25, -0.2) is 0 Å². The maximum Gasteiger partial charge on any atom is 0.0270 e. The van der Waals surface area contributed by atoms with Gasteiger partial charge in [0, 0.05) is 18.4 Å². The fourth-order valence-electron chi connectivity index (χ4n) is 2.42. The van der Waals surface area contributed by atoms with Crippen LogP contribution in [0.3, 0.4) is 0 Å². The Hall–Kier alpha value is -0.930. The van der Waals surface area contributed by atoms with Crippen molar-refractivity contribution in [2.24, 2.45) is 0 Å². The number of piperidine rings is 1. The summed E-state index contributed by atoms with van der Waals surface area (Å²) >= 11 is 0. The molecule has 0 aliphatic carbocycles. The first kappa shape index (κ1) is 12.5. The summed E-state index contributed by atoms with van der Waals surface area (Å²) in [5.74, 6) is 0. The van der Waals surface area contributed by atoms with E-state index in [1.54, 1.807) is 0 Å². The van der Waals surface area contributed by atoms with Gasteiger partial charge in [-0.3, -0.25) is 4.98 Å². The van der Waals surface area contributed by atoms with E-state index in [9.17, 15) is 0 Å². The Morgan fingerprint density at radius 1 is 1.29 bits per heavy atom. The molecule has 1 N–H and O–H groups in total. The molecule has 3 heteroatoms. The van der Waals surface area contributed by atoms with Crippen LogP contribution in [0.4, 0.5) is 0 Å². The summed E-state index contributed by atoms with van der Waals surface area (Å²) in [7, 11) is 0. The van der Waals surface area contributed by atoms with E-state index in [0.717, 1.165) is 19.0 Å². The van der Waals surface area contributed by atoms with Crippen molar-refractivity contribution in [3.8, 4) is 0 Å². The lowest BCUT2D eigenvalue weighted by Gasteiger charge is -2.31. The molecule has 0 unspecified atom stereocenters. The summed E-state index contributed by atoms with van der Waals surface area (Å²) in [4.78, 5) is 6.56. The van der Waals surface area contributed by atoms with E-state index in [1.807, 2.05) is 12.4 Å². The molecular weight excluding hydrogens is 210 g/mol. The maximum absolute atomic E-state index is 4.04. The van der Waals surface area contributed by atoms with Gasteiger partial charge in [-0.1, -0.05) is 6.92 Å². The van der Waals surface area contributed by atoms with Crippen molar-refractivity contribution in [2.75, 3.05) is 26.2 Å². The van der Waals surface area contributed by atoms with Gasteiger partial charge in [-0.15, -0.1) is 0 Å². The van der Waals surface area contributed by atoms with Crippen LogP contribution in [0.15, 0.2) is 24.5 Å². The highest BCUT2D eigenvalue weighted by atomic mass is 15.1. The molecule has 17 heavy (non-hydrogen) atoms. The van der Waals surface area contributed by atoms with Gasteiger partial charge in [0.25, 0.3) is 0 Å². The molecule has 1 fully saturated rings. The molecule has 1 saturated heterocycles. The van der Waals surface area contributed by atoms with Gasteiger partial charge in [0.15, 0.2) is 0 Å². The van der Waals surface area contributed by atoms with Crippen molar-refractivity contribution in [1.29, 1.82) is 0 Å². The lowest BCUT2D eigenvalue weighted by molar-refractivity contribution is 0.207. The molecule has 0 saturated carbocycles. The summed E-state index contributed by atoms with van der Waals surface area (Å²) < 4.78 is 0. The summed E-state index contributed by atoms with van der Waals surface area (Å²) in [5, 5.41) is 3.67. The predicted molar refractivity (Wildman–Crippen MR) is 71.1 cm³/mol. The summed E-state index contributed by atoms with van der Waals surface area (Å²) in [6, 6.07) is 4.92. The van der Waals surface area contributed by atoms with Crippen molar-refractivity contribution in [1.82, 2.24) is 15.2 Å². The van der Waals surface area contributed by atoms with Crippen molar-refractivity contribution < 1.29 is 0 Å². The largest absolute Gasteiger partial charge is 0.314 e.